The van der Waals surface area contributed by atoms with Gasteiger partial charge in [-0.05, 0) is 31.9 Å². The Morgan fingerprint density at radius 1 is 1.62 bits per heavy atom. The Labute approximate surface area is 99.6 Å². The lowest BCUT2D eigenvalue weighted by atomic mass is 10.2. The zero-order valence-corrected chi connectivity index (χ0v) is 9.87. The quantitative estimate of drug-likeness (QED) is 0.609. The van der Waals surface area contributed by atoms with Crippen molar-refractivity contribution in [2.75, 3.05) is 6.54 Å². The number of amides is 1. The number of aromatic nitrogens is 1. The van der Waals surface area contributed by atoms with E-state index in [0.29, 0.717) is 23.8 Å². The third-order valence-electron chi connectivity index (χ3n) is 2.03. The number of aliphatic hydroxyl groups is 1. The van der Waals surface area contributed by atoms with Crippen LogP contribution in [-0.4, -0.2) is 28.6 Å². The van der Waals surface area contributed by atoms with Crippen LogP contribution < -0.4 is 5.32 Å². The number of nitrogens with zero attached hydrogens (tertiary/aromatic N) is 1. The molecule has 0 bridgehead atoms. The lowest BCUT2D eigenvalue weighted by Crippen LogP contribution is -2.25. The number of rotatable bonds is 5. The standard InChI is InChI=1S/C11H15ClN2O2/c1-8(15)4-3-7-13-11(16)9-5-2-6-10(12)14-9/h2,5-6,8,15H,3-4,7H2,1H3,(H,13,16). The van der Waals surface area contributed by atoms with Crippen LogP contribution in [0, 0.1) is 0 Å². The maximum atomic E-state index is 11.5. The maximum Gasteiger partial charge on any atom is 0.269 e. The van der Waals surface area contributed by atoms with Crippen LogP contribution in [0.1, 0.15) is 30.3 Å². The molecule has 0 aliphatic rings. The molecule has 1 amide bonds. The summed E-state index contributed by atoms with van der Waals surface area (Å²) >= 11 is 5.67. The van der Waals surface area contributed by atoms with E-state index in [-0.39, 0.29) is 12.0 Å². The average molecular weight is 243 g/mol. The monoisotopic (exact) mass is 242 g/mol. The van der Waals surface area contributed by atoms with Gasteiger partial charge in [0.15, 0.2) is 0 Å². The molecule has 1 atom stereocenters. The zero-order chi connectivity index (χ0) is 12.0. The van der Waals surface area contributed by atoms with Gasteiger partial charge in [0, 0.05) is 6.54 Å². The van der Waals surface area contributed by atoms with Crippen LogP contribution in [0.4, 0.5) is 0 Å². The van der Waals surface area contributed by atoms with Crippen molar-refractivity contribution in [2.45, 2.75) is 25.9 Å². The molecule has 2 N–H and O–H groups in total. The second-order valence-electron chi connectivity index (χ2n) is 3.59. The predicted molar refractivity (Wildman–Crippen MR) is 62.5 cm³/mol. The molecule has 0 saturated carbocycles. The highest BCUT2D eigenvalue weighted by atomic mass is 35.5. The van der Waals surface area contributed by atoms with Gasteiger partial charge in [-0.15, -0.1) is 0 Å². The van der Waals surface area contributed by atoms with Crippen molar-refractivity contribution in [3.63, 3.8) is 0 Å². The number of carbonyl (C=O) groups excluding carboxylic acids is 1. The van der Waals surface area contributed by atoms with Crippen LogP contribution >= 0.6 is 11.6 Å². The first-order valence-corrected chi connectivity index (χ1v) is 5.56. The summed E-state index contributed by atoms with van der Waals surface area (Å²) in [4.78, 5) is 15.4. The molecule has 0 radical (unpaired) electrons. The van der Waals surface area contributed by atoms with E-state index < -0.39 is 0 Å². The maximum absolute atomic E-state index is 11.5. The molecule has 0 aliphatic heterocycles. The van der Waals surface area contributed by atoms with Gasteiger partial charge < -0.3 is 10.4 Å². The fraction of sp³-hybridized carbons (Fsp3) is 0.455. The minimum absolute atomic E-state index is 0.243. The molecule has 0 saturated heterocycles. The molecule has 0 spiro atoms. The lowest BCUT2D eigenvalue weighted by molar-refractivity contribution is 0.0944. The van der Waals surface area contributed by atoms with Crippen LogP contribution in [0.3, 0.4) is 0 Å². The molecule has 0 aliphatic carbocycles. The molecule has 4 nitrogen and oxygen atoms in total. The number of hydrogen-bond acceptors (Lipinski definition) is 3. The van der Waals surface area contributed by atoms with Gasteiger partial charge >= 0.3 is 0 Å². The number of halogens is 1. The molecular formula is C11H15ClN2O2. The van der Waals surface area contributed by atoms with Crippen molar-refractivity contribution >= 4 is 17.5 Å². The summed E-state index contributed by atoms with van der Waals surface area (Å²) in [5.41, 5.74) is 0.310. The highest BCUT2D eigenvalue weighted by molar-refractivity contribution is 6.29. The Morgan fingerprint density at radius 3 is 3.00 bits per heavy atom. The number of aliphatic hydroxyl groups excluding tert-OH is 1. The van der Waals surface area contributed by atoms with Gasteiger partial charge in [0.1, 0.15) is 10.8 Å². The van der Waals surface area contributed by atoms with E-state index in [1.165, 1.54) is 0 Å². The van der Waals surface area contributed by atoms with Gasteiger partial charge in [-0.25, -0.2) is 4.98 Å². The van der Waals surface area contributed by atoms with Gasteiger partial charge in [0.05, 0.1) is 6.10 Å². The minimum atomic E-state index is -0.332. The van der Waals surface area contributed by atoms with E-state index in [1.54, 1.807) is 25.1 Å². The van der Waals surface area contributed by atoms with Crippen LogP contribution in [-0.2, 0) is 0 Å². The summed E-state index contributed by atoms with van der Waals surface area (Å²) in [5.74, 6) is -0.243. The van der Waals surface area contributed by atoms with Crippen LogP contribution in [0.2, 0.25) is 5.15 Å². The Hall–Kier alpha value is -1.13. The van der Waals surface area contributed by atoms with Crippen LogP contribution in [0.5, 0.6) is 0 Å². The third kappa shape index (κ3) is 4.59. The van der Waals surface area contributed by atoms with E-state index in [1.807, 2.05) is 0 Å². The molecule has 0 aromatic carbocycles. The lowest BCUT2D eigenvalue weighted by Gasteiger charge is -2.06. The van der Waals surface area contributed by atoms with Gasteiger partial charge in [-0.3, -0.25) is 4.79 Å². The molecule has 1 unspecified atom stereocenters. The fourth-order valence-electron chi connectivity index (χ4n) is 1.22. The Balaban J connectivity index is 2.35. The molecule has 1 rings (SSSR count). The molecule has 1 aromatic heterocycles. The smallest absolute Gasteiger partial charge is 0.269 e. The van der Waals surface area contributed by atoms with Crippen molar-refractivity contribution in [2.24, 2.45) is 0 Å². The number of pyridine rings is 1. The van der Waals surface area contributed by atoms with Crippen molar-refractivity contribution in [1.29, 1.82) is 0 Å². The van der Waals surface area contributed by atoms with Crippen LogP contribution in [0.15, 0.2) is 18.2 Å². The number of carbonyl (C=O) groups is 1. The number of hydrogen-bond donors (Lipinski definition) is 2. The highest BCUT2D eigenvalue weighted by Crippen LogP contribution is 2.04. The summed E-state index contributed by atoms with van der Waals surface area (Å²) in [6.45, 7) is 2.25. The van der Waals surface area contributed by atoms with E-state index >= 15 is 0 Å². The molecule has 1 heterocycles. The summed E-state index contributed by atoms with van der Waals surface area (Å²) in [5, 5.41) is 12.0. The Bertz CT molecular complexity index is 356. The second-order valence-corrected chi connectivity index (χ2v) is 3.98. The van der Waals surface area contributed by atoms with E-state index in [2.05, 4.69) is 10.3 Å². The first kappa shape index (κ1) is 12.9. The highest BCUT2D eigenvalue weighted by Gasteiger charge is 2.06. The van der Waals surface area contributed by atoms with E-state index in [9.17, 15) is 4.79 Å². The van der Waals surface area contributed by atoms with Gasteiger partial charge in [0.2, 0.25) is 0 Å². The van der Waals surface area contributed by atoms with Crippen molar-refractivity contribution in [3.8, 4) is 0 Å². The zero-order valence-electron chi connectivity index (χ0n) is 9.11. The first-order valence-electron chi connectivity index (χ1n) is 5.18. The summed E-state index contributed by atoms with van der Waals surface area (Å²) in [6.07, 6.45) is 1.08. The molecule has 0 fully saturated rings. The molecule has 88 valence electrons. The molecule has 16 heavy (non-hydrogen) atoms. The summed E-state index contributed by atoms with van der Waals surface area (Å²) in [6, 6.07) is 4.90. The first-order chi connectivity index (χ1) is 7.59. The molecular weight excluding hydrogens is 228 g/mol. The predicted octanol–water partition coefficient (Wildman–Crippen LogP) is 1.63. The van der Waals surface area contributed by atoms with E-state index in [0.717, 1.165) is 6.42 Å². The minimum Gasteiger partial charge on any atom is -0.393 e. The van der Waals surface area contributed by atoms with Crippen molar-refractivity contribution in [3.05, 3.63) is 29.0 Å². The van der Waals surface area contributed by atoms with Gasteiger partial charge in [-0.2, -0.15) is 0 Å². The van der Waals surface area contributed by atoms with Crippen LogP contribution in [0.25, 0.3) is 0 Å². The van der Waals surface area contributed by atoms with Gasteiger partial charge in [-0.1, -0.05) is 17.7 Å². The second kappa shape index (κ2) is 6.45. The molecule has 5 heteroatoms. The Kier molecular flexibility index (Phi) is 5.22. The number of nitrogens with one attached hydrogen (secondary N) is 1. The van der Waals surface area contributed by atoms with Crippen molar-refractivity contribution in [1.82, 2.24) is 10.3 Å². The summed E-state index contributed by atoms with van der Waals surface area (Å²) in [7, 11) is 0. The summed E-state index contributed by atoms with van der Waals surface area (Å²) < 4.78 is 0. The fourth-order valence-corrected chi connectivity index (χ4v) is 1.39. The van der Waals surface area contributed by atoms with Gasteiger partial charge in [0.25, 0.3) is 5.91 Å². The normalized spacial score (nSPS) is 12.2. The third-order valence-corrected chi connectivity index (χ3v) is 2.24. The Morgan fingerprint density at radius 2 is 2.38 bits per heavy atom. The largest absolute Gasteiger partial charge is 0.393 e. The van der Waals surface area contributed by atoms with Crippen molar-refractivity contribution < 1.29 is 9.90 Å². The topological polar surface area (TPSA) is 62.2 Å². The van der Waals surface area contributed by atoms with E-state index in [4.69, 9.17) is 16.7 Å². The average Bonchev–Trinajstić information content (AvgIpc) is 2.24. The SMILES string of the molecule is CC(O)CCCNC(=O)c1cccc(Cl)n1. The molecule has 1 aromatic rings.